The quantitative estimate of drug-likeness (QED) is 0.880. The fourth-order valence-electron chi connectivity index (χ4n) is 4.01. The van der Waals surface area contributed by atoms with Crippen molar-refractivity contribution in [1.82, 2.24) is 5.32 Å². The molecule has 2 nitrogen and oxygen atoms in total. The fraction of sp³-hybridized carbons (Fsp3) is 0.684. The SMILES string of the molecule is COc1cccc(C2CC(NC3CCCCC3(C)C)C2)c1. The average Bonchev–Trinajstić information content (AvgIpc) is 2.43. The largest absolute Gasteiger partial charge is 0.497 e. The molecule has 3 rings (SSSR count). The van der Waals surface area contributed by atoms with E-state index in [2.05, 4.69) is 37.4 Å². The highest BCUT2D eigenvalue weighted by molar-refractivity contribution is 5.32. The summed E-state index contributed by atoms with van der Waals surface area (Å²) < 4.78 is 5.33. The summed E-state index contributed by atoms with van der Waals surface area (Å²) in [5, 5.41) is 3.94. The zero-order chi connectivity index (χ0) is 14.9. The lowest BCUT2D eigenvalue weighted by Crippen LogP contribution is -2.52. The van der Waals surface area contributed by atoms with Crippen molar-refractivity contribution in [2.75, 3.05) is 7.11 Å². The third-order valence-corrected chi connectivity index (χ3v) is 5.65. The molecule has 1 unspecified atom stereocenters. The van der Waals surface area contributed by atoms with Crippen LogP contribution in [0.2, 0.25) is 0 Å². The summed E-state index contributed by atoms with van der Waals surface area (Å²) in [7, 11) is 1.75. The van der Waals surface area contributed by atoms with E-state index in [0.29, 0.717) is 23.4 Å². The van der Waals surface area contributed by atoms with Gasteiger partial charge in [0.1, 0.15) is 5.75 Å². The van der Waals surface area contributed by atoms with Gasteiger partial charge in [-0.05, 0) is 54.7 Å². The molecular weight excluding hydrogens is 258 g/mol. The highest BCUT2D eigenvalue weighted by Crippen LogP contribution is 2.41. The summed E-state index contributed by atoms with van der Waals surface area (Å²) in [5.41, 5.74) is 1.91. The Morgan fingerprint density at radius 2 is 2.00 bits per heavy atom. The Hall–Kier alpha value is -1.02. The van der Waals surface area contributed by atoms with Crippen LogP contribution in [0.15, 0.2) is 24.3 Å². The van der Waals surface area contributed by atoms with Crippen molar-refractivity contribution in [3.63, 3.8) is 0 Å². The number of hydrogen-bond acceptors (Lipinski definition) is 2. The molecule has 1 aromatic carbocycles. The van der Waals surface area contributed by atoms with Crippen molar-refractivity contribution in [3.8, 4) is 5.75 Å². The van der Waals surface area contributed by atoms with Crippen LogP contribution in [0.5, 0.6) is 5.75 Å². The van der Waals surface area contributed by atoms with Gasteiger partial charge >= 0.3 is 0 Å². The number of benzene rings is 1. The molecule has 116 valence electrons. The van der Waals surface area contributed by atoms with Crippen LogP contribution in [-0.4, -0.2) is 19.2 Å². The Bertz CT molecular complexity index is 476. The second kappa shape index (κ2) is 6.00. The van der Waals surface area contributed by atoms with E-state index < -0.39 is 0 Å². The van der Waals surface area contributed by atoms with Crippen molar-refractivity contribution in [2.45, 2.75) is 70.4 Å². The third-order valence-electron chi connectivity index (χ3n) is 5.65. The molecule has 0 radical (unpaired) electrons. The molecule has 1 atom stereocenters. The molecule has 0 amide bonds. The van der Waals surface area contributed by atoms with Crippen molar-refractivity contribution in [2.24, 2.45) is 5.41 Å². The first kappa shape index (κ1) is 14.9. The fourth-order valence-corrected chi connectivity index (χ4v) is 4.01. The number of hydrogen-bond donors (Lipinski definition) is 1. The Morgan fingerprint density at radius 1 is 1.19 bits per heavy atom. The topological polar surface area (TPSA) is 21.3 Å². The molecule has 21 heavy (non-hydrogen) atoms. The molecule has 2 aliphatic rings. The van der Waals surface area contributed by atoms with Gasteiger partial charge in [0, 0.05) is 12.1 Å². The number of methoxy groups -OCH3 is 1. The first-order valence-electron chi connectivity index (χ1n) is 8.48. The summed E-state index contributed by atoms with van der Waals surface area (Å²) >= 11 is 0. The number of ether oxygens (including phenoxy) is 1. The molecule has 0 aliphatic heterocycles. The minimum Gasteiger partial charge on any atom is -0.497 e. The van der Waals surface area contributed by atoms with Crippen molar-refractivity contribution in [3.05, 3.63) is 29.8 Å². The average molecular weight is 287 g/mol. The van der Waals surface area contributed by atoms with Crippen molar-refractivity contribution in [1.29, 1.82) is 0 Å². The van der Waals surface area contributed by atoms with E-state index in [-0.39, 0.29) is 0 Å². The van der Waals surface area contributed by atoms with Crippen LogP contribution in [0.1, 0.15) is 63.9 Å². The van der Waals surface area contributed by atoms with Crippen LogP contribution in [0, 0.1) is 5.41 Å². The maximum Gasteiger partial charge on any atom is 0.119 e. The van der Waals surface area contributed by atoms with Gasteiger partial charge in [-0.3, -0.25) is 0 Å². The van der Waals surface area contributed by atoms with Gasteiger partial charge in [0.25, 0.3) is 0 Å². The molecule has 2 heteroatoms. The second-order valence-corrected chi connectivity index (χ2v) is 7.60. The zero-order valence-corrected chi connectivity index (χ0v) is 13.7. The predicted molar refractivity (Wildman–Crippen MR) is 87.9 cm³/mol. The normalized spacial score (nSPS) is 31.5. The lowest BCUT2D eigenvalue weighted by Gasteiger charge is -2.45. The van der Waals surface area contributed by atoms with Gasteiger partial charge in [-0.2, -0.15) is 0 Å². The van der Waals surface area contributed by atoms with E-state index in [4.69, 9.17) is 4.74 Å². The minimum atomic E-state index is 0.472. The van der Waals surface area contributed by atoms with E-state index >= 15 is 0 Å². The first-order valence-corrected chi connectivity index (χ1v) is 8.48. The van der Waals surface area contributed by atoms with E-state index in [0.717, 1.165) is 5.75 Å². The molecule has 0 spiro atoms. The van der Waals surface area contributed by atoms with Crippen LogP contribution in [0.3, 0.4) is 0 Å². The standard InChI is InChI=1S/C19H29NO/c1-19(2)10-5-4-9-18(19)20-16-11-15(12-16)14-7-6-8-17(13-14)21-3/h6-8,13,15-16,18,20H,4-5,9-12H2,1-3H3. The maximum absolute atomic E-state index is 5.33. The van der Waals surface area contributed by atoms with Crippen LogP contribution in [0.4, 0.5) is 0 Å². The lowest BCUT2D eigenvalue weighted by atomic mass is 9.70. The Morgan fingerprint density at radius 3 is 2.71 bits per heavy atom. The van der Waals surface area contributed by atoms with Gasteiger partial charge in [0.05, 0.1) is 7.11 Å². The molecule has 0 heterocycles. The summed E-state index contributed by atoms with van der Waals surface area (Å²) in [5.74, 6) is 1.70. The van der Waals surface area contributed by atoms with Crippen molar-refractivity contribution >= 4 is 0 Å². The van der Waals surface area contributed by atoms with Gasteiger partial charge in [-0.25, -0.2) is 0 Å². The molecule has 0 aromatic heterocycles. The third kappa shape index (κ3) is 3.26. The van der Waals surface area contributed by atoms with E-state index in [1.807, 2.05) is 6.07 Å². The Labute approximate surface area is 129 Å². The highest BCUT2D eigenvalue weighted by Gasteiger charge is 2.37. The molecule has 0 bridgehead atoms. The van der Waals surface area contributed by atoms with Gasteiger partial charge in [-0.1, -0.05) is 38.8 Å². The smallest absolute Gasteiger partial charge is 0.119 e. The monoisotopic (exact) mass is 287 g/mol. The van der Waals surface area contributed by atoms with Gasteiger partial charge < -0.3 is 10.1 Å². The Balaban J connectivity index is 1.53. The van der Waals surface area contributed by atoms with Crippen LogP contribution in [-0.2, 0) is 0 Å². The number of rotatable bonds is 4. The second-order valence-electron chi connectivity index (χ2n) is 7.60. The van der Waals surface area contributed by atoms with Crippen LogP contribution in [0.25, 0.3) is 0 Å². The lowest BCUT2D eigenvalue weighted by molar-refractivity contribution is 0.130. The summed E-state index contributed by atoms with van der Waals surface area (Å²) in [4.78, 5) is 0. The molecule has 0 saturated heterocycles. The van der Waals surface area contributed by atoms with E-state index in [1.54, 1.807) is 7.11 Å². The van der Waals surface area contributed by atoms with Gasteiger partial charge in [-0.15, -0.1) is 0 Å². The van der Waals surface area contributed by atoms with E-state index in [1.165, 1.54) is 44.1 Å². The van der Waals surface area contributed by atoms with Crippen LogP contribution >= 0.6 is 0 Å². The highest BCUT2D eigenvalue weighted by atomic mass is 16.5. The van der Waals surface area contributed by atoms with Gasteiger partial charge in [0.15, 0.2) is 0 Å². The summed E-state index contributed by atoms with van der Waals surface area (Å²) in [6.07, 6.45) is 8.08. The predicted octanol–water partition coefficient (Wildman–Crippen LogP) is 4.50. The minimum absolute atomic E-state index is 0.472. The number of nitrogens with one attached hydrogen (secondary N) is 1. The van der Waals surface area contributed by atoms with Crippen LogP contribution < -0.4 is 10.1 Å². The Kier molecular flexibility index (Phi) is 4.26. The molecule has 1 aromatic rings. The molecule has 2 aliphatic carbocycles. The summed E-state index contributed by atoms with van der Waals surface area (Å²) in [6, 6.07) is 10.0. The molecule has 2 fully saturated rings. The molecule has 2 saturated carbocycles. The summed E-state index contributed by atoms with van der Waals surface area (Å²) in [6.45, 7) is 4.87. The molecule has 1 N–H and O–H groups in total. The van der Waals surface area contributed by atoms with Gasteiger partial charge in [0.2, 0.25) is 0 Å². The first-order chi connectivity index (χ1) is 10.1. The van der Waals surface area contributed by atoms with Crippen molar-refractivity contribution < 1.29 is 4.74 Å². The van der Waals surface area contributed by atoms with E-state index in [9.17, 15) is 0 Å². The molecular formula is C19H29NO. The zero-order valence-electron chi connectivity index (χ0n) is 13.7. The maximum atomic E-state index is 5.33.